The zero-order chi connectivity index (χ0) is 25.5. The molecule has 6 heteroatoms. The van der Waals surface area contributed by atoms with Gasteiger partial charge in [0.25, 0.3) is 0 Å². The van der Waals surface area contributed by atoms with Crippen LogP contribution in [-0.2, 0) is 26.2 Å². The van der Waals surface area contributed by atoms with Gasteiger partial charge in [-0.25, -0.2) is 4.79 Å². The Labute approximate surface area is 224 Å². The van der Waals surface area contributed by atoms with Crippen molar-refractivity contribution in [2.75, 3.05) is 7.11 Å². The molecule has 1 N–H and O–H groups in total. The SMILES string of the molecule is COC(=O)[C@H](Cc1cc(Cl)ccc1Br)NC(=O)C(c1ccccc1)(c1ccccc1)c1ccccc1. The lowest BCUT2D eigenvalue weighted by Crippen LogP contribution is -2.52. The van der Waals surface area contributed by atoms with Gasteiger partial charge < -0.3 is 10.1 Å². The number of esters is 1. The van der Waals surface area contributed by atoms with Gasteiger partial charge in [0.1, 0.15) is 11.5 Å². The van der Waals surface area contributed by atoms with Gasteiger partial charge in [0.2, 0.25) is 5.91 Å². The average molecular weight is 563 g/mol. The molecule has 0 spiro atoms. The molecule has 0 aliphatic carbocycles. The van der Waals surface area contributed by atoms with E-state index in [1.807, 2.05) is 97.1 Å². The van der Waals surface area contributed by atoms with E-state index < -0.39 is 17.4 Å². The fourth-order valence-electron chi connectivity index (χ4n) is 4.48. The van der Waals surface area contributed by atoms with Crippen LogP contribution in [0.1, 0.15) is 22.3 Å². The summed E-state index contributed by atoms with van der Waals surface area (Å²) in [6.45, 7) is 0. The summed E-state index contributed by atoms with van der Waals surface area (Å²) in [4.78, 5) is 27.4. The minimum atomic E-state index is -1.21. The zero-order valence-corrected chi connectivity index (χ0v) is 22.0. The summed E-state index contributed by atoms with van der Waals surface area (Å²) < 4.78 is 5.87. The molecule has 4 rings (SSSR count). The summed E-state index contributed by atoms with van der Waals surface area (Å²) in [7, 11) is 1.31. The molecule has 36 heavy (non-hydrogen) atoms. The van der Waals surface area contributed by atoms with Crippen molar-refractivity contribution in [2.45, 2.75) is 17.9 Å². The molecule has 182 valence electrons. The number of hydrogen-bond donors (Lipinski definition) is 1. The number of halogens is 2. The fourth-order valence-corrected chi connectivity index (χ4v) is 5.08. The van der Waals surface area contributed by atoms with Gasteiger partial charge in [0.05, 0.1) is 7.11 Å². The second-order valence-corrected chi connectivity index (χ2v) is 9.63. The van der Waals surface area contributed by atoms with Crippen LogP contribution in [0.4, 0.5) is 0 Å². The van der Waals surface area contributed by atoms with E-state index in [9.17, 15) is 9.59 Å². The van der Waals surface area contributed by atoms with E-state index in [0.717, 1.165) is 26.7 Å². The molecule has 0 aliphatic rings. The molecule has 4 aromatic carbocycles. The quantitative estimate of drug-likeness (QED) is 0.201. The van der Waals surface area contributed by atoms with Crippen molar-refractivity contribution in [3.05, 3.63) is 141 Å². The molecule has 0 bridgehead atoms. The second-order valence-electron chi connectivity index (χ2n) is 8.34. The maximum atomic E-state index is 14.5. The smallest absolute Gasteiger partial charge is 0.328 e. The normalized spacial score (nSPS) is 12.0. The summed E-state index contributed by atoms with van der Waals surface area (Å²) in [6.07, 6.45) is 0.202. The summed E-state index contributed by atoms with van der Waals surface area (Å²) in [5.41, 5.74) is 1.93. The second kappa shape index (κ2) is 11.5. The van der Waals surface area contributed by atoms with Gasteiger partial charge in [0, 0.05) is 15.9 Å². The first-order chi connectivity index (χ1) is 17.5. The highest BCUT2D eigenvalue weighted by atomic mass is 79.9. The lowest BCUT2D eigenvalue weighted by molar-refractivity contribution is -0.145. The predicted octanol–water partition coefficient (Wildman–Crippen LogP) is 6.34. The third-order valence-corrected chi connectivity index (χ3v) is 7.19. The number of amides is 1. The van der Waals surface area contributed by atoms with Gasteiger partial charge in [0.15, 0.2) is 0 Å². The number of carbonyl (C=O) groups excluding carboxylic acids is 2. The van der Waals surface area contributed by atoms with E-state index in [0.29, 0.717) is 5.02 Å². The molecule has 0 saturated carbocycles. The fraction of sp³-hybridized carbons (Fsp3) is 0.133. The molecular formula is C30H25BrClNO3. The Balaban J connectivity index is 1.86. The lowest BCUT2D eigenvalue weighted by atomic mass is 9.68. The van der Waals surface area contributed by atoms with Crippen LogP contribution in [0.15, 0.2) is 114 Å². The van der Waals surface area contributed by atoms with E-state index in [-0.39, 0.29) is 12.3 Å². The standard InChI is InChI=1S/C30H25BrClNO3/c1-36-28(34)27(20-21-19-25(32)17-18-26(21)31)33-29(35)30(22-11-5-2-6-12-22,23-13-7-3-8-14-23)24-15-9-4-10-16-24/h2-19,27H,20H2,1H3,(H,33,35)/t27-/m0/s1. The van der Waals surface area contributed by atoms with Crippen LogP contribution in [-0.4, -0.2) is 25.0 Å². The Bertz CT molecular complexity index is 1230. The highest BCUT2D eigenvalue weighted by Crippen LogP contribution is 2.39. The molecule has 0 heterocycles. The topological polar surface area (TPSA) is 55.4 Å². The Morgan fingerprint density at radius 2 is 1.31 bits per heavy atom. The van der Waals surface area contributed by atoms with E-state index in [1.54, 1.807) is 12.1 Å². The van der Waals surface area contributed by atoms with Crippen LogP contribution < -0.4 is 5.32 Å². The number of carbonyl (C=O) groups is 2. The van der Waals surface area contributed by atoms with Crippen LogP contribution in [0.3, 0.4) is 0 Å². The molecule has 4 aromatic rings. The molecule has 4 nitrogen and oxygen atoms in total. The van der Waals surface area contributed by atoms with Crippen molar-refractivity contribution in [1.29, 1.82) is 0 Å². The number of methoxy groups -OCH3 is 1. The minimum Gasteiger partial charge on any atom is -0.467 e. The molecule has 1 atom stereocenters. The number of ether oxygens (including phenoxy) is 1. The summed E-state index contributed by atoms with van der Waals surface area (Å²) in [6, 6.07) is 33.2. The van der Waals surface area contributed by atoms with Crippen LogP contribution in [0.5, 0.6) is 0 Å². The van der Waals surface area contributed by atoms with Crippen LogP contribution in [0, 0.1) is 0 Å². The van der Waals surface area contributed by atoms with Gasteiger partial charge in [-0.05, 0) is 40.5 Å². The molecule has 0 unspecified atom stereocenters. The number of nitrogens with one attached hydrogen (secondary N) is 1. The first-order valence-corrected chi connectivity index (χ1v) is 12.6. The third kappa shape index (κ3) is 5.23. The minimum absolute atomic E-state index is 0.202. The summed E-state index contributed by atoms with van der Waals surface area (Å²) in [5.74, 6) is -0.877. The molecule has 0 fully saturated rings. The number of benzene rings is 4. The van der Waals surface area contributed by atoms with Crippen molar-refractivity contribution in [3.63, 3.8) is 0 Å². The van der Waals surface area contributed by atoms with Crippen molar-refractivity contribution < 1.29 is 14.3 Å². The molecule has 1 amide bonds. The molecule has 0 aliphatic heterocycles. The van der Waals surface area contributed by atoms with E-state index in [2.05, 4.69) is 21.2 Å². The lowest BCUT2D eigenvalue weighted by Gasteiger charge is -2.35. The Kier molecular flexibility index (Phi) is 8.24. The van der Waals surface area contributed by atoms with Gasteiger partial charge in [-0.15, -0.1) is 0 Å². The molecule has 0 aromatic heterocycles. The highest BCUT2D eigenvalue weighted by Gasteiger charge is 2.45. The van der Waals surface area contributed by atoms with Crippen molar-refractivity contribution in [1.82, 2.24) is 5.32 Å². The van der Waals surface area contributed by atoms with E-state index in [1.165, 1.54) is 7.11 Å². The molecule has 0 radical (unpaired) electrons. The van der Waals surface area contributed by atoms with Gasteiger partial charge in [-0.1, -0.05) is 119 Å². The van der Waals surface area contributed by atoms with Crippen molar-refractivity contribution in [3.8, 4) is 0 Å². The van der Waals surface area contributed by atoms with Gasteiger partial charge in [-0.2, -0.15) is 0 Å². The largest absolute Gasteiger partial charge is 0.467 e. The maximum Gasteiger partial charge on any atom is 0.328 e. The third-order valence-electron chi connectivity index (χ3n) is 6.18. The highest BCUT2D eigenvalue weighted by molar-refractivity contribution is 9.10. The van der Waals surface area contributed by atoms with Crippen LogP contribution in [0.25, 0.3) is 0 Å². The van der Waals surface area contributed by atoms with Crippen LogP contribution >= 0.6 is 27.5 Å². The predicted molar refractivity (Wildman–Crippen MR) is 146 cm³/mol. The van der Waals surface area contributed by atoms with Gasteiger partial charge in [-0.3, -0.25) is 4.79 Å². The molecular weight excluding hydrogens is 538 g/mol. The average Bonchev–Trinajstić information content (AvgIpc) is 2.92. The maximum absolute atomic E-state index is 14.5. The Morgan fingerprint density at radius 3 is 1.75 bits per heavy atom. The van der Waals surface area contributed by atoms with Crippen molar-refractivity contribution in [2.24, 2.45) is 0 Å². The summed E-state index contributed by atoms with van der Waals surface area (Å²) >= 11 is 9.73. The Hall–Kier alpha value is -3.41. The van der Waals surface area contributed by atoms with E-state index >= 15 is 0 Å². The monoisotopic (exact) mass is 561 g/mol. The van der Waals surface area contributed by atoms with Gasteiger partial charge >= 0.3 is 5.97 Å². The van der Waals surface area contributed by atoms with Crippen molar-refractivity contribution >= 4 is 39.4 Å². The summed E-state index contributed by atoms with van der Waals surface area (Å²) in [5, 5.41) is 3.56. The zero-order valence-electron chi connectivity index (χ0n) is 19.7. The first kappa shape index (κ1) is 25.7. The number of rotatable bonds is 8. The van der Waals surface area contributed by atoms with Crippen LogP contribution in [0.2, 0.25) is 5.02 Å². The van der Waals surface area contributed by atoms with E-state index in [4.69, 9.17) is 16.3 Å². The Morgan fingerprint density at radius 1 is 0.833 bits per heavy atom. The first-order valence-electron chi connectivity index (χ1n) is 11.5. The number of hydrogen-bond acceptors (Lipinski definition) is 3. The molecule has 0 saturated heterocycles.